The van der Waals surface area contributed by atoms with Gasteiger partial charge in [-0.05, 0) is 42.7 Å². The highest BCUT2D eigenvalue weighted by Crippen LogP contribution is 2.34. The number of fused-ring (bicyclic) bond motifs is 3. The summed E-state index contributed by atoms with van der Waals surface area (Å²) in [6.07, 6.45) is 1.63. The van der Waals surface area contributed by atoms with Crippen LogP contribution in [0.3, 0.4) is 0 Å². The number of benzene rings is 3. The average Bonchev–Trinajstić information content (AvgIpc) is 3.04. The Bertz CT molecular complexity index is 1390. The monoisotopic (exact) mass is 385 g/mol. The lowest BCUT2D eigenvalue weighted by molar-refractivity contribution is 0.774. The quantitative estimate of drug-likeness (QED) is 0.412. The van der Waals surface area contributed by atoms with Crippen molar-refractivity contribution in [2.24, 2.45) is 0 Å². The van der Waals surface area contributed by atoms with E-state index in [1.807, 2.05) is 7.05 Å². The Kier molecular flexibility index (Phi) is 3.87. The third-order valence-electron chi connectivity index (χ3n) is 5.27. The van der Waals surface area contributed by atoms with Gasteiger partial charge in [0.2, 0.25) is 0 Å². The Labute approximate surface area is 167 Å². The Hall–Kier alpha value is -3.25. The minimum absolute atomic E-state index is 0.727. The van der Waals surface area contributed by atoms with E-state index in [2.05, 4.69) is 85.9 Å². The second-order valence-electron chi connectivity index (χ2n) is 6.82. The van der Waals surface area contributed by atoms with E-state index in [1.165, 1.54) is 10.8 Å². The van der Waals surface area contributed by atoms with Crippen LogP contribution in [0.5, 0.6) is 0 Å². The van der Waals surface area contributed by atoms with Gasteiger partial charge in [-0.1, -0.05) is 36.4 Å². The standard InChI is InChI=1S/C22H19N5S/c1-3-27-20-12-17-16(11-18(20)25-22(27)28)21(24-13-23-17)26(2)19-10-6-8-14-7-4-5-9-15(14)19/h4-13H,3H2,1-2H3,(H,25,28). The second kappa shape index (κ2) is 6.42. The molecule has 5 rings (SSSR count). The zero-order chi connectivity index (χ0) is 19.3. The molecule has 28 heavy (non-hydrogen) atoms. The highest BCUT2D eigenvalue weighted by Gasteiger charge is 2.15. The van der Waals surface area contributed by atoms with Crippen molar-refractivity contribution in [3.05, 3.63) is 65.7 Å². The molecule has 6 heteroatoms. The number of H-pyrrole nitrogens is 1. The lowest BCUT2D eigenvalue weighted by Crippen LogP contribution is -2.12. The molecule has 0 bridgehead atoms. The zero-order valence-electron chi connectivity index (χ0n) is 15.7. The van der Waals surface area contributed by atoms with Crippen molar-refractivity contribution in [1.82, 2.24) is 19.5 Å². The van der Waals surface area contributed by atoms with Gasteiger partial charge in [-0.25, -0.2) is 9.97 Å². The third kappa shape index (κ3) is 2.49. The fourth-order valence-electron chi connectivity index (χ4n) is 3.89. The highest BCUT2D eigenvalue weighted by atomic mass is 32.1. The Morgan fingerprint density at radius 3 is 2.71 bits per heavy atom. The normalized spacial score (nSPS) is 11.5. The lowest BCUT2D eigenvalue weighted by atomic mass is 10.1. The van der Waals surface area contributed by atoms with Crippen LogP contribution in [0.2, 0.25) is 0 Å². The van der Waals surface area contributed by atoms with Crippen molar-refractivity contribution < 1.29 is 0 Å². The molecule has 0 fully saturated rings. The maximum absolute atomic E-state index is 5.47. The first kappa shape index (κ1) is 16.9. The number of nitrogens with one attached hydrogen (secondary N) is 1. The molecule has 3 aromatic carbocycles. The average molecular weight is 385 g/mol. The van der Waals surface area contributed by atoms with Crippen molar-refractivity contribution in [2.75, 3.05) is 11.9 Å². The number of hydrogen-bond acceptors (Lipinski definition) is 4. The van der Waals surface area contributed by atoms with Gasteiger partial charge >= 0.3 is 0 Å². The number of nitrogens with zero attached hydrogens (tertiary/aromatic N) is 4. The summed E-state index contributed by atoms with van der Waals surface area (Å²) in [6.45, 7) is 2.91. The summed E-state index contributed by atoms with van der Waals surface area (Å²) in [5.74, 6) is 0.867. The van der Waals surface area contributed by atoms with Gasteiger partial charge < -0.3 is 14.5 Å². The summed E-state index contributed by atoms with van der Waals surface area (Å²) in [4.78, 5) is 14.6. The maximum atomic E-state index is 5.47. The predicted octanol–water partition coefficient (Wildman–Crippen LogP) is 5.58. The van der Waals surface area contributed by atoms with E-state index in [1.54, 1.807) is 6.33 Å². The van der Waals surface area contributed by atoms with E-state index in [-0.39, 0.29) is 0 Å². The molecular formula is C22H19N5S. The molecule has 0 aliphatic carbocycles. The minimum atomic E-state index is 0.727. The minimum Gasteiger partial charge on any atom is -0.331 e. The molecule has 0 aliphatic heterocycles. The maximum Gasteiger partial charge on any atom is 0.178 e. The molecular weight excluding hydrogens is 366 g/mol. The summed E-state index contributed by atoms with van der Waals surface area (Å²) < 4.78 is 2.81. The van der Waals surface area contributed by atoms with Crippen LogP contribution in [-0.4, -0.2) is 26.6 Å². The van der Waals surface area contributed by atoms with Crippen molar-refractivity contribution in [1.29, 1.82) is 0 Å². The highest BCUT2D eigenvalue weighted by molar-refractivity contribution is 7.71. The third-order valence-corrected chi connectivity index (χ3v) is 5.59. The van der Waals surface area contributed by atoms with Gasteiger partial charge in [0.25, 0.3) is 0 Å². The zero-order valence-corrected chi connectivity index (χ0v) is 16.5. The van der Waals surface area contributed by atoms with E-state index < -0.39 is 0 Å². The molecule has 2 aromatic heterocycles. The molecule has 0 radical (unpaired) electrons. The first-order chi connectivity index (χ1) is 13.7. The number of hydrogen-bond donors (Lipinski definition) is 1. The Morgan fingerprint density at radius 2 is 1.86 bits per heavy atom. The first-order valence-electron chi connectivity index (χ1n) is 9.26. The molecule has 0 amide bonds. The smallest absolute Gasteiger partial charge is 0.178 e. The van der Waals surface area contributed by atoms with Crippen LogP contribution in [0.4, 0.5) is 11.5 Å². The number of rotatable bonds is 3. The molecule has 0 aliphatic rings. The number of aromatic nitrogens is 4. The molecule has 0 saturated heterocycles. The van der Waals surface area contributed by atoms with E-state index in [4.69, 9.17) is 12.2 Å². The number of aryl methyl sites for hydroxylation is 1. The number of anilines is 2. The summed E-state index contributed by atoms with van der Waals surface area (Å²) in [5, 5.41) is 3.39. The van der Waals surface area contributed by atoms with Gasteiger partial charge in [0, 0.05) is 30.1 Å². The van der Waals surface area contributed by atoms with Crippen LogP contribution in [-0.2, 0) is 6.54 Å². The fraction of sp³-hybridized carbons (Fsp3) is 0.136. The fourth-order valence-corrected chi connectivity index (χ4v) is 4.23. The number of imidazole rings is 1. The van der Waals surface area contributed by atoms with Crippen LogP contribution >= 0.6 is 12.2 Å². The van der Waals surface area contributed by atoms with Gasteiger partial charge in [-0.3, -0.25) is 0 Å². The predicted molar refractivity (Wildman–Crippen MR) is 118 cm³/mol. The summed E-state index contributed by atoms with van der Waals surface area (Å²) in [6, 6.07) is 18.9. The molecule has 138 valence electrons. The van der Waals surface area contributed by atoms with Crippen LogP contribution in [0, 0.1) is 4.77 Å². The molecule has 0 unspecified atom stereocenters. The van der Waals surface area contributed by atoms with Gasteiger partial charge in [0.1, 0.15) is 12.1 Å². The first-order valence-corrected chi connectivity index (χ1v) is 9.67. The van der Waals surface area contributed by atoms with Crippen LogP contribution in [0.25, 0.3) is 32.7 Å². The topological polar surface area (TPSA) is 49.7 Å². The van der Waals surface area contributed by atoms with Gasteiger partial charge in [0.05, 0.1) is 16.6 Å². The van der Waals surface area contributed by atoms with Crippen molar-refractivity contribution in [3.63, 3.8) is 0 Å². The van der Waals surface area contributed by atoms with Gasteiger partial charge in [-0.2, -0.15) is 0 Å². The van der Waals surface area contributed by atoms with Crippen LogP contribution < -0.4 is 4.90 Å². The van der Waals surface area contributed by atoms with Crippen molar-refractivity contribution in [3.8, 4) is 0 Å². The SMILES string of the molecule is CCn1c(=S)[nH]c2cc3c(N(C)c4cccc5ccccc45)ncnc3cc21. The lowest BCUT2D eigenvalue weighted by Gasteiger charge is -2.21. The molecule has 0 atom stereocenters. The second-order valence-corrected chi connectivity index (χ2v) is 7.20. The molecule has 5 nitrogen and oxygen atoms in total. The number of aromatic amines is 1. The van der Waals surface area contributed by atoms with E-state index >= 15 is 0 Å². The Balaban J connectivity index is 1.76. The van der Waals surface area contributed by atoms with E-state index in [0.717, 1.165) is 44.8 Å². The Morgan fingerprint density at radius 1 is 1.04 bits per heavy atom. The molecule has 5 aromatic rings. The summed E-state index contributed by atoms with van der Waals surface area (Å²) >= 11 is 5.47. The van der Waals surface area contributed by atoms with Crippen molar-refractivity contribution in [2.45, 2.75) is 13.5 Å². The van der Waals surface area contributed by atoms with E-state index in [9.17, 15) is 0 Å². The molecule has 2 heterocycles. The largest absolute Gasteiger partial charge is 0.331 e. The van der Waals surface area contributed by atoms with E-state index in [0.29, 0.717) is 0 Å². The van der Waals surface area contributed by atoms with Gasteiger partial charge in [0.15, 0.2) is 4.77 Å². The molecule has 0 spiro atoms. The molecule has 0 saturated carbocycles. The summed E-state index contributed by atoms with van der Waals surface area (Å²) in [7, 11) is 2.05. The van der Waals surface area contributed by atoms with Crippen LogP contribution in [0.15, 0.2) is 60.9 Å². The van der Waals surface area contributed by atoms with Crippen molar-refractivity contribution >= 4 is 56.4 Å². The molecule has 1 N–H and O–H groups in total. The van der Waals surface area contributed by atoms with Crippen LogP contribution in [0.1, 0.15) is 6.92 Å². The summed E-state index contributed by atoms with van der Waals surface area (Å²) in [5.41, 5.74) is 4.08. The van der Waals surface area contributed by atoms with Gasteiger partial charge in [-0.15, -0.1) is 0 Å².